The number of halogens is 2. The van der Waals surface area contributed by atoms with Gasteiger partial charge < -0.3 is 0 Å². The van der Waals surface area contributed by atoms with Crippen molar-refractivity contribution in [2.75, 3.05) is 0 Å². The second-order valence-corrected chi connectivity index (χ2v) is 6.88. The maximum absolute atomic E-state index is 6.23. The summed E-state index contributed by atoms with van der Waals surface area (Å²) in [6, 6.07) is 3.91. The Balaban J connectivity index is 2.60. The van der Waals surface area contributed by atoms with Crippen molar-refractivity contribution in [1.29, 1.82) is 0 Å². The summed E-state index contributed by atoms with van der Waals surface area (Å²) in [5.74, 6) is 0.628. The fourth-order valence-electron chi connectivity index (χ4n) is 1.65. The molecule has 0 aliphatic rings. The molecule has 2 aromatic heterocycles. The van der Waals surface area contributed by atoms with E-state index in [1.54, 1.807) is 6.20 Å². The summed E-state index contributed by atoms with van der Waals surface area (Å²) in [5, 5.41) is 0.496. The van der Waals surface area contributed by atoms with E-state index >= 15 is 0 Å². The first-order valence-electron chi connectivity index (χ1n) is 5.95. The zero-order valence-electron chi connectivity index (χ0n) is 11.3. The van der Waals surface area contributed by atoms with Crippen LogP contribution in [-0.2, 0) is 5.41 Å². The van der Waals surface area contributed by atoms with Crippen molar-refractivity contribution < 1.29 is 0 Å². The van der Waals surface area contributed by atoms with Gasteiger partial charge in [-0.05, 0) is 41.6 Å². The van der Waals surface area contributed by atoms with E-state index in [0.29, 0.717) is 11.0 Å². The fraction of sp³-hybridized carbons (Fsp3) is 0.357. The Hall–Kier alpha value is -0.750. The van der Waals surface area contributed by atoms with Crippen molar-refractivity contribution >= 4 is 34.2 Å². The second kappa shape index (κ2) is 5.32. The van der Waals surface area contributed by atoms with Gasteiger partial charge >= 0.3 is 0 Å². The quantitative estimate of drug-likeness (QED) is 0.538. The Labute approximate surface area is 132 Å². The Morgan fingerprint density at radius 2 is 1.84 bits per heavy atom. The van der Waals surface area contributed by atoms with Gasteiger partial charge in [0.2, 0.25) is 0 Å². The largest absolute Gasteiger partial charge is 0.261 e. The van der Waals surface area contributed by atoms with E-state index in [1.165, 1.54) is 0 Å². The summed E-state index contributed by atoms with van der Waals surface area (Å²) in [5.41, 5.74) is 2.74. The molecule has 2 rings (SSSR count). The number of rotatable bonds is 1. The van der Waals surface area contributed by atoms with Crippen LogP contribution in [0, 0.1) is 10.5 Å². The average molecular weight is 388 g/mol. The number of nitrogens with zero attached hydrogens (tertiary/aromatic N) is 3. The topological polar surface area (TPSA) is 38.7 Å². The molecule has 5 heteroatoms. The third kappa shape index (κ3) is 3.23. The van der Waals surface area contributed by atoms with E-state index in [0.717, 1.165) is 20.5 Å². The number of pyridine rings is 1. The molecule has 0 saturated heterocycles. The fourth-order valence-corrected chi connectivity index (χ4v) is 2.87. The first-order chi connectivity index (χ1) is 8.79. The van der Waals surface area contributed by atoms with Crippen molar-refractivity contribution in [1.82, 2.24) is 15.0 Å². The summed E-state index contributed by atoms with van der Waals surface area (Å²) in [6.07, 6.45) is 1.78. The molecule has 0 amide bonds. The molecule has 0 aliphatic heterocycles. The maximum Gasteiger partial charge on any atom is 0.162 e. The molecule has 0 N–H and O–H groups in total. The lowest BCUT2D eigenvalue weighted by molar-refractivity contribution is 0.563. The molecule has 0 atom stereocenters. The van der Waals surface area contributed by atoms with E-state index in [9.17, 15) is 0 Å². The van der Waals surface area contributed by atoms with Crippen molar-refractivity contribution in [3.63, 3.8) is 0 Å². The minimum absolute atomic E-state index is 0.0734. The predicted octanol–water partition coefficient (Wildman–Crippen LogP) is 4.40. The van der Waals surface area contributed by atoms with Crippen molar-refractivity contribution in [3.05, 3.63) is 38.4 Å². The van der Waals surface area contributed by atoms with Crippen LogP contribution < -0.4 is 0 Å². The van der Waals surface area contributed by atoms with Gasteiger partial charge in [-0.3, -0.25) is 4.98 Å². The summed E-state index contributed by atoms with van der Waals surface area (Å²) >= 11 is 8.43. The minimum atomic E-state index is -0.0734. The predicted molar refractivity (Wildman–Crippen MR) is 86.4 cm³/mol. The van der Waals surface area contributed by atoms with Gasteiger partial charge in [0.25, 0.3) is 0 Å². The van der Waals surface area contributed by atoms with E-state index in [2.05, 4.69) is 58.3 Å². The molecule has 0 fully saturated rings. The van der Waals surface area contributed by atoms with Crippen molar-refractivity contribution in [3.8, 4) is 11.4 Å². The number of aryl methyl sites for hydroxylation is 1. The highest BCUT2D eigenvalue weighted by molar-refractivity contribution is 14.1. The highest BCUT2D eigenvalue weighted by Crippen LogP contribution is 2.31. The highest BCUT2D eigenvalue weighted by atomic mass is 127. The first kappa shape index (κ1) is 14.7. The summed E-state index contributed by atoms with van der Waals surface area (Å²) < 4.78 is 0.913. The standard InChI is InChI=1S/C14H15ClIN3/c1-8-5-6-9(7-17-8)13-18-11(14(2,3)4)10(16)12(15)19-13/h5-7H,1-4H3. The normalized spacial score (nSPS) is 11.7. The summed E-state index contributed by atoms with van der Waals surface area (Å²) in [6.45, 7) is 8.30. The Morgan fingerprint density at radius 3 is 2.37 bits per heavy atom. The molecule has 0 spiro atoms. The monoisotopic (exact) mass is 387 g/mol. The van der Waals surface area contributed by atoms with Crippen LogP contribution in [0.3, 0.4) is 0 Å². The SMILES string of the molecule is Cc1ccc(-c2nc(Cl)c(I)c(C(C)(C)C)n2)cn1. The first-order valence-corrected chi connectivity index (χ1v) is 7.41. The molecular weight excluding hydrogens is 373 g/mol. The molecule has 19 heavy (non-hydrogen) atoms. The number of aromatic nitrogens is 3. The molecular formula is C14H15ClIN3. The van der Waals surface area contributed by atoms with Gasteiger partial charge in [-0.25, -0.2) is 9.97 Å². The molecule has 0 saturated carbocycles. The van der Waals surface area contributed by atoms with Crippen LogP contribution in [0.5, 0.6) is 0 Å². The number of hydrogen-bond acceptors (Lipinski definition) is 3. The molecule has 0 unspecified atom stereocenters. The van der Waals surface area contributed by atoms with Crippen LogP contribution in [0.25, 0.3) is 11.4 Å². The van der Waals surface area contributed by atoms with Crippen LogP contribution in [0.1, 0.15) is 32.2 Å². The van der Waals surface area contributed by atoms with Crippen molar-refractivity contribution in [2.45, 2.75) is 33.1 Å². The van der Waals surface area contributed by atoms with Gasteiger partial charge in [0.05, 0.1) is 9.26 Å². The lowest BCUT2D eigenvalue weighted by atomic mass is 9.92. The molecule has 3 nitrogen and oxygen atoms in total. The zero-order valence-corrected chi connectivity index (χ0v) is 14.2. The lowest BCUT2D eigenvalue weighted by Crippen LogP contribution is -2.17. The molecule has 0 aromatic carbocycles. The smallest absolute Gasteiger partial charge is 0.162 e. The van der Waals surface area contributed by atoms with E-state index < -0.39 is 0 Å². The maximum atomic E-state index is 6.23. The Morgan fingerprint density at radius 1 is 1.16 bits per heavy atom. The molecule has 100 valence electrons. The summed E-state index contributed by atoms with van der Waals surface area (Å²) in [4.78, 5) is 13.3. The molecule has 0 radical (unpaired) electrons. The van der Waals surface area contributed by atoms with Crippen LogP contribution in [0.2, 0.25) is 5.15 Å². The van der Waals surface area contributed by atoms with Crippen LogP contribution >= 0.6 is 34.2 Å². The Bertz CT molecular complexity index is 603. The summed E-state index contributed by atoms with van der Waals surface area (Å²) in [7, 11) is 0. The van der Waals surface area contributed by atoms with Crippen LogP contribution in [-0.4, -0.2) is 15.0 Å². The van der Waals surface area contributed by atoms with E-state index in [-0.39, 0.29) is 5.41 Å². The van der Waals surface area contributed by atoms with Crippen LogP contribution in [0.4, 0.5) is 0 Å². The van der Waals surface area contributed by atoms with Gasteiger partial charge in [-0.2, -0.15) is 0 Å². The highest BCUT2D eigenvalue weighted by Gasteiger charge is 2.22. The molecule has 0 aliphatic carbocycles. The third-order valence-electron chi connectivity index (χ3n) is 2.69. The Kier molecular flexibility index (Phi) is 4.11. The third-order valence-corrected chi connectivity index (χ3v) is 4.30. The molecule has 2 aromatic rings. The second-order valence-electron chi connectivity index (χ2n) is 5.44. The van der Waals surface area contributed by atoms with E-state index in [4.69, 9.17) is 11.6 Å². The number of hydrogen-bond donors (Lipinski definition) is 0. The van der Waals surface area contributed by atoms with E-state index in [1.807, 2.05) is 19.1 Å². The van der Waals surface area contributed by atoms with Gasteiger partial charge in [0.1, 0.15) is 5.15 Å². The van der Waals surface area contributed by atoms with Gasteiger partial charge in [0, 0.05) is 22.9 Å². The lowest BCUT2D eigenvalue weighted by Gasteiger charge is -2.20. The van der Waals surface area contributed by atoms with Gasteiger partial charge in [-0.15, -0.1) is 0 Å². The molecule has 0 bridgehead atoms. The van der Waals surface area contributed by atoms with Crippen molar-refractivity contribution in [2.24, 2.45) is 0 Å². The van der Waals surface area contributed by atoms with Gasteiger partial charge in [-0.1, -0.05) is 32.4 Å². The van der Waals surface area contributed by atoms with Crippen LogP contribution in [0.15, 0.2) is 18.3 Å². The molecule has 2 heterocycles. The van der Waals surface area contributed by atoms with Gasteiger partial charge in [0.15, 0.2) is 5.82 Å². The average Bonchev–Trinajstić information content (AvgIpc) is 2.32. The minimum Gasteiger partial charge on any atom is -0.261 e. The zero-order chi connectivity index (χ0) is 14.2.